The topological polar surface area (TPSA) is 29.5 Å². The average molecular weight is 521 g/mol. The van der Waals surface area contributed by atoms with Crippen LogP contribution in [0.15, 0.2) is 61.2 Å². The molecule has 4 atom stereocenters. The molecule has 0 unspecified atom stereocenters. The Kier molecular flexibility index (Phi) is 8.84. The Morgan fingerprint density at radius 1 is 1.15 bits per heavy atom. The zero-order chi connectivity index (χ0) is 25.1. The van der Waals surface area contributed by atoms with Gasteiger partial charge in [0.25, 0.3) is 5.91 Å². The zero-order valence-electron chi connectivity index (χ0n) is 20.7. The summed E-state index contributed by atoms with van der Waals surface area (Å²) in [6.45, 7) is 14.5. The first-order valence-electron chi connectivity index (χ1n) is 11.8. The van der Waals surface area contributed by atoms with Gasteiger partial charge in [-0.1, -0.05) is 81.2 Å². The number of hydrogen-bond acceptors (Lipinski definition) is 3. The third-order valence-electron chi connectivity index (χ3n) is 6.16. The predicted molar refractivity (Wildman–Crippen MR) is 146 cm³/mol. The molecular weight excluding hydrogens is 485 g/mol. The van der Waals surface area contributed by atoms with Crippen LogP contribution in [-0.2, 0) is 9.53 Å². The number of rotatable bonds is 8. The maximum Gasteiger partial charge on any atom is 0.255 e. The second-order valence-corrected chi connectivity index (χ2v) is 12.7. The van der Waals surface area contributed by atoms with Crippen LogP contribution in [0.25, 0.3) is 0 Å². The molecule has 6 heteroatoms. The van der Waals surface area contributed by atoms with E-state index in [0.717, 1.165) is 23.3 Å². The third kappa shape index (κ3) is 6.20. The summed E-state index contributed by atoms with van der Waals surface area (Å²) in [5, 5.41) is 1.30. The van der Waals surface area contributed by atoms with E-state index >= 15 is 0 Å². The fourth-order valence-electron chi connectivity index (χ4n) is 4.41. The third-order valence-corrected chi connectivity index (χ3v) is 8.06. The van der Waals surface area contributed by atoms with Crippen molar-refractivity contribution in [1.82, 2.24) is 4.90 Å². The number of halogens is 2. The van der Waals surface area contributed by atoms with Crippen LogP contribution < -0.4 is 0 Å². The van der Waals surface area contributed by atoms with Crippen LogP contribution in [0.5, 0.6) is 0 Å². The second kappa shape index (κ2) is 11.1. The van der Waals surface area contributed by atoms with Crippen LogP contribution in [0.3, 0.4) is 0 Å². The van der Waals surface area contributed by atoms with E-state index < -0.39 is 11.7 Å². The van der Waals surface area contributed by atoms with Gasteiger partial charge in [-0.2, -0.15) is 11.8 Å². The standard InChI is InChI=1S/C28H35Cl2NO2S/c1-7-16-28(6)26(32)31(23(8-2)18-34-27(3,4)5)24(19-12-14-21(29)15-13-19)25(33-28)20-10-9-11-22(30)17-20/h7,9-15,17,23-25H,1,8,16,18H2,2-6H3/t23-,24+,25+,28+/m0/s1. The lowest BCUT2D eigenvalue weighted by atomic mass is 9.86. The highest BCUT2D eigenvalue weighted by Crippen LogP contribution is 2.48. The molecule has 2 aromatic rings. The molecule has 2 aromatic carbocycles. The second-order valence-electron chi connectivity index (χ2n) is 10.0. The molecule has 1 heterocycles. The largest absolute Gasteiger partial charge is 0.355 e. The molecule has 1 aliphatic heterocycles. The van der Waals surface area contributed by atoms with Crippen LogP contribution in [0, 0.1) is 0 Å². The van der Waals surface area contributed by atoms with E-state index in [1.165, 1.54) is 0 Å². The minimum Gasteiger partial charge on any atom is -0.355 e. The van der Waals surface area contributed by atoms with E-state index in [1.54, 1.807) is 6.08 Å². The summed E-state index contributed by atoms with van der Waals surface area (Å²) in [7, 11) is 0. The van der Waals surface area contributed by atoms with Gasteiger partial charge in [0.15, 0.2) is 0 Å². The van der Waals surface area contributed by atoms with Gasteiger partial charge in [0.2, 0.25) is 0 Å². The minimum atomic E-state index is -1.02. The van der Waals surface area contributed by atoms with Crippen molar-refractivity contribution in [3.05, 3.63) is 82.4 Å². The molecule has 0 bridgehead atoms. The molecule has 0 spiro atoms. The number of benzene rings is 2. The maximum atomic E-state index is 14.1. The molecular formula is C28H35Cl2NO2S. The normalized spacial score (nSPS) is 24.2. The van der Waals surface area contributed by atoms with Gasteiger partial charge in [0.05, 0.1) is 6.04 Å². The van der Waals surface area contributed by atoms with E-state index in [9.17, 15) is 4.79 Å². The Morgan fingerprint density at radius 2 is 1.82 bits per heavy atom. The number of thioether (sulfide) groups is 1. The van der Waals surface area contributed by atoms with Gasteiger partial charge in [0.1, 0.15) is 11.7 Å². The molecule has 0 aliphatic carbocycles. The van der Waals surface area contributed by atoms with Crippen molar-refractivity contribution in [2.75, 3.05) is 5.75 Å². The van der Waals surface area contributed by atoms with Gasteiger partial charge in [-0.3, -0.25) is 4.79 Å². The average Bonchev–Trinajstić information content (AvgIpc) is 2.77. The Balaban J connectivity index is 2.19. The van der Waals surface area contributed by atoms with E-state index in [2.05, 4.69) is 39.2 Å². The molecule has 3 nitrogen and oxygen atoms in total. The van der Waals surface area contributed by atoms with E-state index in [4.69, 9.17) is 27.9 Å². The summed E-state index contributed by atoms with van der Waals surface area (Å²) >= 11 is 14.5. The molecule has 0 saturated carbocycles. The number of nitrogens with zero attached hydrogens (tertiary/aromatic N) is 1. The first-order chi connectivity index (χ1) is 16.0. The van der Waals surface area contributed by atoms with Crippen LogP contribution in [0.4, 0.5) is 0 Å². The van der Waals surface area contributed by atoms with Crippen molar-refractivity contribution >= 4 is 40.9 Å². The van der Waals surface area contributed by atoms with Gasteiger partial charge < -0.3 is 9.64 Å². The molecule has 0 aromatic heterocycles. The van der Waals surface area contributed by atoms with E-state index in [0.29, 0.717) is 16.5 Å². The number of carbonyl (C=O) groups is 1. The predicted octanol–water partition coefficient (Wildman–Crippen LogP) is 8.28. The summed E-state index contributed by atoms with van der Waals surface area (Å²) in [5.74, 6) is 0.828. The molecule has 3 rings (SSSR count). The van der Waals surface area contributed by atoms with Gasteiger partial charge in [-0.15, -0.1) is 6.58 Å². The number of carbonyl (C=O) groups excluding carboxylic acids is 1. The summed E-state index contributed by atoms with van der Waals surface area (Å²) in [5.41, 5.74) is 0.915. The molecule has 1 fully saturated rings. The highest BCUT2D eigenvalue weighted by atomic mass is 35.5. The Morgan fingerprint density at radius 3 is 2.38 bits per heavy atom. The molecule has 34 heavy (non-hydrogen) atoms. The fraction of sp³-hybridized carbons (Fsp3) is 0.464. The quantitative estimate of drug-likeness (QED) is 0.328. The maximum absolute atomic E-state index is 14.1. The SMILES string of the molecule is C=CC[C@@]1(C)O[C@H](c2cccc(Cl)c2)[C@@H](c2ccc(Cl)cc2)N([C@@H](CC)CSC(C)(C)C)C1=O. The van der Waals surface area contributed by atoms with Gasteiger partial charge in [0, 0.05) is 33.0 Å². The monoisotopic (exact) mass is 519 g/mol. The first kappa shape index (κ1) is 27.1. The lowest BCUT2D eigenvalue weighted by molar-refractivity contribution is -0.201. The molecule has 184 valence electrons. The van der Waals surface area contributed by atoms with Crippen LogP contribution in [0.1, 0.15) is 70.7 Å². The summed E-state index contributed by atoms with van der Waals surface area (Å²) in [4.78, 5) is 16.2. The number of morpholine rings is 1. The minimum absolute atomic E-state index is 0.00742. The highest BCUT2D eigenvalue weighted by molar-refractivity contribution is 8.00. The van der Waals surface area contributed by atoms with E-state index in [-0.39, 0.29) is 22.7 Å². The van der Waals surface area contributed by atoms with Gasteiger partial charge >= 0.3 is 0 Å². The van der Waals surface area contributed by atoms with Crippen molar-refractivity contribution in [2.24, 2.45) is 0 Å². The van der Waals surface area contributed by atoms with Gasteiger partial charge in [-0.05, 0) is 48.7 Å². The smallest absolute Gasteiger partial charge is 0.255 e. The van der Waals surface area contributed by atoms with Crippen molar-refractivity contribution in [3.63, 3.8) is 0 Å². The first-order valence-corrected chi connectivity index (χ1v) is 13.5. The fourth-order valence-corrected chi connectivity index (χ4v) is 5.83. The summed E-state index contributed by atoms with van der Waals surface area (Å²) in [6, 6.07) is 15.2. The summed E-state index contributed by atoms with van der Waals surface area (Å²) in [6.07, 6.45) is 2.63. The molecule has 0 radical (unpaired) electrons. The lowest BCUT2D eigenvalue weighted by Crippen LogP contribution is -2.60. The van der Waals surface area contributed by atoms with Gasteiger partial charge in [-0.25, -0.2) is 0 Å². The van der Waals surface area contributed by atoms with Crippen LogP contribution in [0.2, 0.25) is 10.0 Å². The van der Waals surface area contributed by atoms with Crippen molar-refractivity contribution in [3.8, 4) is 0 Å². The lowest BCUT2D eigenvalue weighted by Gasteiger charge is -2.52. The highest BCUT2D eigenvalue weighted by Gasteiger charge is 2.52. The molecule has 0 N–H and O–H groups in total. The van der Waals surface area contributed by atoms with Crippen LogP contribution in [-0.4, -0.2) is 32.9 Å². The molecule has 1 aliphatic rings. The van der Waals surface area contributed by atoms with Crippen molar-refractivity contribution < 1.29 is 9.53 Å². The number of amides is 1. The molecule has 1 amide bonds. The summed E-state index contributed by atoms with van der Waals surface area (Å²) < 4.78 is 6.77. The Labute approximate surface area is 218 Å². The van der Waals surface area contributed by atoms with Crippen LogP contribution >= 0.6 is 35.0 Å². The Bertz CT molecular complexity index is 1000. The number of hydrogen-bond donors (Lipinski definition) is 0. The van der Waals surface area contributed by atoms with Crippen molar-refractivity contribution in [1.29, 1.82) is 0 Å². The Hall–Kier alpha value is -1.46. The van der Waals surface area contributed by atoms with Crippen molar-refractivity contribution in [2.45, 2.75) is 76.0 Å². The number of ether oxygens (including phenoxy) is 1. The van der Waals surface area contributed by atoms with E-state index in [1.807, 2.05) is 67.2 Å². The molecule has 1 saturated heterocycles. The zero-order valence-corrected chi connectivity index (χ0v) is 23.0.